The van der Waals surface area contributed by atoms with Crippen LogP contribution in [-0.2, 0) is 4.74 Å². The number of fused-ring (bicyclic) bond motifs is 1. The van der Waals surface area contributed by atoms with Crippen molar-refractivity contribution < 1.29 is 4.74 Å². The largest absolute Gasteiger partial charge is 0.368 e. The first kappa shape index (κ1) is 12.8. The van der Waals surface area contributed by atoms with Crippen LogP contribution < -0.4 is 11.1 Å². The van der Waals surface area contributed by atoms with E-state index in [2.05, 4.69) is 27.2 Å². The molecule has 0 aromatic carbocycles. The van der Waals surface area contributed by atoms with Gasteiger partial charge in [-0.3, -0.25) is 4.57 Å². The van der Waals surface area contributed by atoms with Gasteiger partial charge in [-0.05, 0) is 32.1 Å². The Kier molecular flexibility index (Phi) is 2.95. The van der Waals surface area contributed by atoms with Crippen LogP contribution in [0.1, 0.15) is 45.3 Å². The van der Waals surface area contributed by atoms with Crippen LogP contribution in [0.3, 0.4) is 0 Å². The van der Waals surface area contributed by atoms with Crippen LogP contribution in [0.5, 0.6) is 0 Å². The smallest absolute Gasteiger partial charge is 0.224 e. The number of ether oxygens (including phenoxy) is 1. The number of nitrogen functional groups attached to an aromatic ring is 1. The van der Waals surface area contributed by atoms with Gasteiger partial charge in [-0.2, -0.15) is 9.97 Å². The highest BCUT2D eigenvalue weighted by molar-refractivity contribution is 5.84. The molecule has 7 nitrogen and oxygen atoms in total. The molecule has 0 amide bonds. The Balaban J connectivity index is 1.71. The van der Waals surface area contributed by atoms with Gasteiger partial charge in [0.05, 0.1) is 12.4 Å². The minimum Gasteiger partial charge on any atom is -0.368 e. The van der Waals surface area contributed by atoms with Gasteiger partial charge < -0.3 is 15.8 Å². The van der Waals surface area contributed by atoms with E-state index < -0.39 is 0 Å². The number of nitrogens with two attached hydrogens (primary N) is 1. The predicted molar refractivity (Wildman–Crippen MR) is 79.8 cm³/mol. The molecule has 2 atom stereocenters. The van der Waals surface area contributed by atoms with Crippen LogP contribution in [0.4, 0.5) is 11.8 Å². The number of hydrogen-bond donors (Lipinski definition) is 2. The van der Waals surface area contributed by atoms with E-state index in [9.17, 15) is 0 Å². The summed E-state index contributed by atoms with van der Waals surface area (Å²) in [5, 5.41) is 3.38. The summed E-state index contributed by atoms with van der Waals surface area (Å²) in [5.41, 5.74) is 7.39. The maximum absolute atomic E-state index is 6.04. The van der Waals surface area contributed by atoms with Crippen molar-refractivity contribution in [2.24, 2.45) is 0 Å². The second kappa shape index (κ2) is 4.84. The third-order valence-electron chi connectivity index (χ3n) is 4.21. The number of anilines is 2. The third kappa shape index (κ3) is 2.31. The zero-order chi connectivity index (χ0) is 14.4. The fourth-order valence-electron chi connectivity index (χ4n) is 2.86. The van der Waals surface area contributed by atoms with Crippen molar-refractivity contribution >= 4 is 22.9 Å². The summed E-state index contributed by atoms with van der Waals surface area (Å²) < 4.78 is 8.02. The average Bonchev–Trinajstić information content (AvgIpc) is 3.01. The van der Waals surface area contributed by atoms with Crippen LogP contribution in [0.2, 0.25) is 0 Å². The number of nitrogens with one attached hydrogen (secondary N) is 1. The van der Waals surface area contributed by atoms with E-state index in [0.29, 0.717) is 12.1 Å². The Morgan fingerprint density at radius 1 is 1.33 bits per heavy atom. The molecule has 112 valence electrons. The first-order valence-electron chi connectivity index (χ1n) is 7.66. The van der Waals surface area contributed by atoms with Gasteiger partial charge in [-0.1, -0.05) is 6.92 Å². The lowest BCUT2D eigenvalue weighted by atomic mass is 10.2. The van der Waals surface area contributed by atoms with Crippen molar-refractivity contribution in [2.75, 3.05) is 11.1 Å². The first-order chi connectivity index (χ1) is 10.2. The van der Waals surface area contributed by atoms with Crippen molar-refractivity contribution in [1.29, 1.82) is 0 Å². The summed E-state index contributed by atoms with van der Waals surface area (Å²) >= 11 is 0. The third-order valence-corrected chi connectivity index (χ3v) is 4.21. The van der Waals surface area contributed by atoms with Gasteiger partial charge in [0, 0.05) is 6.04 Å². The van der Waals surface area contributed by atoms with E-state index in [0.717, 1.165) is 36.2 Å². The topological polar surface area (TPSA) is 90.9 Å². The van der Waals surface area contributed by atoms with Gasteiger partial charge >= 0.3 is 0 Å². The van der Waals surface area contributed by atoms with Crippen LogP contribution in [0.25, 0.3) is 11.2 Å². The molecule has 2 aromatic heterocycles. The minimum absolute atomic E-state index is 0.00280. The Hall–Kier alpha value is -1.89. The van der Waals surface area contributed by atoms with Crippen molar-refractivity contribution in [3.05, 3.63) is 6.33 Å². The monoisotopic (exact) mass is 288 g/mol. The highest BCUT2D eigenvalue weighted by Gasteiger charge is 2.28. The number of aromatic nitrogens is 4. The lowest BCUT2D eigenvalue weighted by molar-refractivity contribution is 0.00290. The molecule has 0 bridgehead atoms. The lowest BCUT2D eigenvalue weighted by Crippen LogP contribution is -2.12. The average molecular weight is 288 g/mol. The van der Waals surface area contributed by atoms with Gasteiger partial charge in [-0.25, -0.2) is 4.98 Å². The minimum atomic E-state index is 0.00280. The highest BCUT2D eigenvalue weighted by atomic mass is 16.5. The molecule has 1 aliphatic carbocycles. The molecular formula is C14H20N6O. The fourth-order valence-corrected chi connectivity index (χ4v) is 2.86. The molecule has 2 fully saturated rings. The Morgan fingerprint density at radius 2 is 2.19 bits per heavy atom. The molecular weight excluding hydrogens is 268 g/mol. The van der Waals surface area contributed by atoms with E-state index in [-0.39, 0.29) is 12.2 Å². The quantitative estimate of drug-likeness (QED) is 0.895. The molecule has 0 spiro atoms. The molecule has 1 saturated carbocycles. The van der Waals surface area contributed by atoms with Crippen LogP contribution >= 0.6 is 0 Å². The normalized spacial score (nSPS) is 25.6. The molecule has 2 aliphatic rings. The molecule has 7 heteroatoms. The molecule has 4 rings (SSSR count). The molecule has 1 saturated heterocycles. The molecule has 2 aromatic rings. The Bertz CT molecular complexity index is 665. The number of hydrogen-bond acceptors (Lipinski definition) is 6. The summed E-state index contributed by atoms with van der Waals surface area (Å²) in [5.74, 6) is 1.02. The summed E-state index contributed by atoms with van der Waals surface area (Å²) in [6, 6.07) is 0.500. The van der Waals surface area contributed by atoms with Gasteiger partial charge in [0.15, 0.2) is 17.0 Å². The van der Waals surface area contributed by atoms with E-state index >= 15 is 0 Å². The molecule has 1 aliphatic heterocycles. The second-order valence-electron chi connectivity index (χ2n) is 5.87. The van der Waals surface area contributed by atoms with Crippen LogP contribution in [0, 0.1) is 0 Å². The second-order valence-corrected chi connectivity index (χ2v) is 5.87. The van der Waals surface area contributed by atoms with E-state index in [1.54, 1.807) is 6.33 Å². The van der Waals surface area contributed by atoms with Gasteiger partial charge in [0.2, 0.25) is 5.95 Å². The number of nitrogens with zero attached hydrogens (tertiary/aromatic N) is 4. The highest BCUT2D eigenvalue weighted by Crippen LogP contribution is 2.33. The number of imidazole rings is 1. The summed E-state index contributed by atoms with van der Waals surface area (Å²) in [7, 11) is 0. The maximum Gasteiger partial charge on any atom is 0.224 e. The van der Waals surface area contributed by atoms with E-state index in [4.69, 9.17) is 10.5 Å². The van der Waals surface area contributed by atoms with Crippen molar-refractivity contribution in [3.8, 4) is 0 Å². The number of rotatable bonds is 4. The standard InChI is InChI=1S/C14H20N6O/c1-2-9-5-6-10(21-9)20-7-16-11-12(17-8-3-4-8)18-14(15)19-13(11)20/h7-10H,2-6H2,1H3,(H3,15,17,18,19)/t9-,10-/m1/s1. The van der Waals surface area contributed by atoms with Crippen molar-refractivity contribution in [1.82, 2.24) is 19.5 Å². The molecule has 3 heterocycles. The van der Waals surface area contributed by atoms with Gasteiger partial charge in [0.1, 0.15) is 6.23 Å². The SMILES string of the molecule is CC[C@@H]1CC[C@H](n2cnc3c(NC4CC4)nc(N)nc32)O1. The van der Waals surface area contributed by atoms with E-state index in [1.807, 2.05) is 4.57 Å². The maximum atomic E-state index is 6.04. The molecule has 0 unspecified atom stereocenters. The summed E-state index contributed by atoms with van der Waals surface area (Å²) in [6.07, 6.45) is 7.58. The van der Waals surface area contributed by atoms with Crippen LogP contribution in [0.15, 0.2) is 6.33 Å². The Labute approximate surface area is 122 Å². The first-order valence-corrected chi connectivity index (χ1v) is 7.66. The fraction of sp³-hybridized carbons (Fsp3) is 0.643. The summed E-state index contributed by atoms with van der Waals surface area (Å²) in [6.45, 7) is 2.15. The zero-order valence-electron chi connectivity index (χ0n) is 12.1. The van der Waals surface area contributed by atoms with Gasteiger partial charge in [-0.15, -0.1) is 0 Å². The molecule has 21 heavy (non-hydrogen) atoms. The van der Waals surface area contributed by atoms with Gasteiger partial charge in [0.25, 0.3) is 0 Å². The van der Waals surface area contributed by atoms with Crippen molar-refractivity contribution in [3.63, 3.8) is 0 Å². The molecule has 3 N–H and O–H groups in total. The Morgan fingerprint density at radius 3 is 2.90 bits per heavy atom. The van der Waals surface area contributed by atoms with Crippen LogP contribution in [-0.4, -0.2) is 31.7 Å². The predicted octanol–water partition coefficient (Wildman–Crippen LogP) is 2.07. The zero-order valence-corrected chi connectivity index (χ0v) is 12.1. The van der Waals surface area contributed by atoms with E-state index in [1.165, 1.54) is 12.8 Å². The lowest BCUT2D eigenvalue weighted by Gasteiger charge is -2.14. The summed E-state index contributed by atoms with van der Waals surface area (Å²) in [4.78, 5) is 13.1. The molecule has 0 radical (unpaired) electrons. The van der Waals surface area contributed by atoms with Crippen molar-refractivity contribution in [2.45, 2.75) is 57.4 Å².